The van der Waals surface area contributed by atoms with E-state index in [2.05, 4.69) is 98.8 Å². The summed E-state index contributed by atoms with van der Waals surface area (Å²) in [6, 6.07) is 26.9. The van der Waals surface area contributed by atoms with E-state index in [9.17, 15) is 0 Å². The largest absolute Gasteiger partial charge is 0.0651 e. The molecule has 140 valence electrons. The first kappa shape index (κ1) is 16.8. The van der Waals surface area contributed by atoms with E-state index in [0.717, 1.165) is 6.42 Å². The minimum atomic E-state index is 0.481. The fraction of sp³-hybridized carbons (Fsp3) is 0.172. The van der Waals surface area contributed by atoms with Crippen LogP contribution in [-0.4, -0.2) is 0 Å². The zero-order chi connectivity index (χ0) is 19.5. The highest BCUT2D eigenvalue weighted by Crippen LogP contribution is 2.50. The number of allylic oxidation sites excluding steroid dienone is 2. The van der Waals surface area contributed by atoms with Crippen molar-refractivity contribution < 1.29 is 0 Å². The normalized spacial score (nSPS) is 19.9. The van der Waals surface area contributed by atoms with Gasteiger partial charge in [-0.05, 0) is 64.1 Å². The average Bonchev–Trinajstić information content (AvgIpc) is 3.25. The SMILES string of the molecule is CC1=Cc2ccc3ccccc3c2C1CC1C(C)=Cc2ccc3ccccc3c21. The minimum absolute atomic E-state index is 0.481. The monoisotopic (exact) mass is 372 g/mol. The van der Waals surface area contributed by atoms with Crippen molar-refractivity contribution in [2.45, 2.75) is 32.1 Å². The molecule has 2 unspecified atom stereocenters. The van der Waals surface area contributed by atoms with Crippen molar-refractivity contribution in [1.29, 1.82) is 0 Å². The third-order valence-corrected chi connectivity index (χ3v) is 7.04. The third kappa shape index (κ3) is 2.45. The lowest BCUT2D eigenvalue weighted by atomic mass is 9.80. The Hall–Kier alpha value is -3.12. The Balaban J connectivity index is 1.49. The first-order chi connectivity index (χ1) is 14.2. The lowest BCUT2D eigenvalue weighted by Gasteiger charge is -2.24. The van der Waals surface area contributed by atoms with E-state index in [-0.39, 0.29) is 0 Å². The van der Waals surface area contributed by atoms with Gasteiger partial charge < -0.3 is 0 Å². The molecule has 6 rings (SSSR count). The van der Waals surface area contributed by atoms with E-state index < -0.39 is 0 Å². The highest BCUT2D eigenvalue weighted by Gasteiger charge is 2.32. The van der Waals surface area contributed by atoms with Gasteiger partial charge in [-0.2, -0.15) is 0 Å². The Labute approximate surface area is 172 Å². The van der Waals surface area contributed by atoms with Crippen LogP contribution in [0.2, 0.25) is 0 Å². The lowest BCUT2D eigenvalue weighted by Crippen LogP contribution is -2.07. The Kier molecular flexibility index (Phi) is 3.59. The molecule has 0 aromatic heterocycles. The molecule has 0 aliphatic heterocycles. The van der Waals surface area contributed by atoms with E-state index in [1.165, 1.54) is 54.9 Å². The summed E-state index contributed by atoms with van der Waals surface area (Å²) in [7, 11) is 0. The quantitative estimate of drug-likeness (QED) is 0.333. The van der Waals surface area contributed by atoms with Gasteiger partial charge in [0.2, 0.25) is 0 Å². The van der Waals surface area contributed by atoms with E-state index in [1.807, 2.05) is 0 Å². The van der Waals surface area contributed by atoms with Gasteiger partial charge in [0, 0.05) is 11.8 Å². The van der Waals surface area contributed by atoms with Crippen LogP contribution in [0, 0.1) is 0 Å². The molecule has 0 spiro atoms. The van der Waals surface area contributed by atoms with E-state index in [4.69, 9.17) is 0 Å². The molecule has 0 fully saturated rings. The molecule has 2 aliphatic rings. The molecule has 0 bridgehead atoms. The van der Waals surface area contributed by atoms with E-state index in [0.29, 0.717) is 11.8 Å². The number of rotatable bonds is 2. The first-order valence-electron chi connectivity index (χ1n) is 10.6. The molecule has 0 heterocycles. The fourth-order valence-corrected chi connectivity index (χ4v) is 5.64. The van der Waals surface area contributed by atoms with Crippen molar-refractivity contribution in [2.75, 3.05) is 0 Å². The molecule has 0 heteroatoms. The second-order valence-corrected chi connectivity index (χ2v) is 8.70. The van der Waals surface area contributed by atoms with Crippen molar-refractivity contribution in [1.82, 2.24) is 0 Å². The Bertz CT molecular complexity index is 1240. The van der Waals surface area contributed by atoms with Gasteiger partial charge in [0.25, 0.3) is 0 Å². The Morgan fingerprint density at radius 1 is 0.552 bits per heavy atom. The topological polar surface area (TPSA) is 0 Å². The van der Waals surface area contributed by atoms with Gasteiger partial charge >= 0.3 is 0 Å². The summed E-state index contributed by atoms with van der Waals surface area (Å²) < 4.78 is 0. The van der Waals surface area contributed by atoms with Gasteiger partial charge in [0.15, 0.2) is 0 Å². The minimum Gasteiger partial charge on any atom is -0.0651 e. The van der Waals surface area contributed by atoms with Gasteiger partial charge in [0.05, 0.1) is 0 Å². The zero-order valence-corrected chi connectivity index (χ0v) is 16.9. The molecule has 0 saturated heterocycles. The summed E-state index contributed by atoms with van der Waals surface area (Å²) in [5.41, 5.74) is 8.87. The van der Waals surface area contributed by atoms with Crippen molar-refractivity contribution in [2.24, 2.45) is 0 Å². The molecule has 0 amide bonds. The van der Waals surface area contributed by atoms with E-state index >= 15 is 0 Å². The van der Waals surface area contributed by atoms with Crippen molar-refractivity contribution >= 4 is 33.7 Å². The summed E-state index contributed by atoms with van der Waals surface area (Å²) >= 11 is 0. The number of benzene rings is 4. The number of hydrogen-bond acceptors (Lipinski definition) is 0. The molecule has 0 N–H and O–H groups in total. The van der Waals surface area contributed by atoms with Crippen LogP contribution < -0.4 is 0 Å². The van der Waals surface area contributed by atoms with Gasteiger partial charge in [0.1, 0.15) is 0 Å². The highest BCUT2D eigenvalue weighted by molar-refractivity contribution is 5.93. The van der Waals surface area contributed by atoms with Gasteiger partial charge in [-0.1, -0.05) is 96.1 Å². The number of hydrogen-bond donors (Lipinski definition) is 0. The molecule has 0 saturated carbocycles. The fourth-order valence-electron chi connectivity index (χ4n) is 5.64. The molecule has 4 aromatic carbocycles. The summed E-state index contributed by atoms with van der Waals surface area (Å²) in [6.45, 7) is 4.63. The van der Waals surface area contributed by atoms with Crippen molar-refractivity contribution in [3.05, 3.63) is 106 Å². The molecule has 0 nitrogen and oxygen atoms in total. The Morgan fingerprint density at radius 3 is 1.48 bits per heavy atom. The van der Waals surface area contributed by atoms with E-state index in [1.54, 1.807) is 0 Å². The van der Waals surface area contributed by atoms with Crippen LogP contribution in [0.3, 0.4) is 0 Å². The second kappa shape index (κ2) is 6.19. The summed E-state index contributed by atoms with van der Waals surface area (Å²) in [5, 5.41) is 5.54. The number of fused-ring (bicyclic) bond motifs is 6. The van der Waals surface area contributed by atoms with Crippen LogP contribution in [0.25, 0.3) is 33.7 Å². The molecular weight excluding hydrogens is 348 g/mol. The van der Waals surface area contributed by atoms with Gasteiger partial charge in [-0.25, -0.2) is 0 Å². The molecule has 2 aliphatic carbocycles. The van der Waals surface area contributed by atoms with Crippen LogP contribution in [0.5, 0.6) is 0 Å². The van der Waals surface area contributed by atoms with Crippen LogP contribution >= 0.6 is 0 Å². The molecule has 2 atom stereocenters. The molecule has 29 heavy (non-hydrogen) atoms. The third-order valence-electron chi connectivity index (χ3n) is 7.04. The predicted molar refractivity (Wildman–Crippen MR) is 125 cm³/mol. The average molecular weight is 373 g/mol. The van der Waals surface area contributed by atoms with Crippen LogP contribution in [0.1, 0.15) is 54.4 Å². The molecular formula is C29H24. The maximum atomic E-state index is 2.41. The van der Waals surface area contributed by atoms with Crippen LogP contribution in [-0.2, 0) is 0 Å². The predicted octanol–water partition coefficient (Wildman–Crippen LogP) is 8.08. The summed E-state index contributed by atoms with van der Waals surface area (Å²) in [4.78, 5) is 0. The first-order valence-corrected chi connectivity index (χ1v) is 10.6. The summed E-state index contributed by atoms with van der Waals surface area (Å²) in [6.07, 6.45) is 5.96. The summed E-state index contributed by atoms with van der Waals surface area (Å²) in [5.74, 6) is 0.962. The standard InChI is InChI=1S/C29H24/c1-18-15-22-13-11-20-7-3-5-9-24(20)28(22)26(18)17-27-19(2)16-23-14-12-21-8-4-6-10-25(21)29(23)27/h3-16,26-27H,17H2,1-2H3. The maximum absolute atomic E-state index is 2.41. The van der Waals surface area contributed by atoms with Gasteiger partial charge in [-0.15, -0.1) is 0 Å². The molecule has 0 radical (unpaired) electrons. The van der Waals surface area contributed by atoms with Crippen LogP contribution in [0.15, 0.2) is 83.9 Å². The lowest BCUT2D eigenvalue weighted by molar-refractivity contribution is 0.648. The molecule has 4 aromatic rings. The Morgan fingerprint density at radius 2 is 1.00 bits per heavy atom. The van der Waals surface area contributed by atoms with Crippen LogP contribution in [0.4, 0.5) is 0 Å². The van der Waals surface area contributed by atoms with Crippen molar-refractivity contribution in [3.8, 4) is 0 Å². The van der Waals surface area contributed by atoms with Crippen molar-refractivity contribution in [3.63, 3.8) is 0 Å². The highest BCUT2D eigenvalue weighted by atomic mass is 14.4. The maximum Gasteiger partial charge on any atom is 0.00697 e. The zero-order valence-electron chi connectivity index (χ0n) is 16.9. The van der Waals surface area contributed by atoms with Gasteiger partial charge in [-0.3, -0.25) is 0 Å². The second-order valence-electron chi connectivity index (χ2n) is 8.70. The smallest absolute Gasteiger partial charge is 0.00697 e.